The van der Waals surface area contributed by atoms with Crippen molar-refractivity contribution in [2.45, 2.75) is 40.0 Å². The molecule has 0 fully saturated rings. The van der Waals surface area contributed by atoms with Crippen molar-refractivity contribution in [1.82, 2.24) is 0 Å². The smallest absolute Gasteiger partial charge is 0.395 e. The van der Waals surface area contributed by atoms with Gasteiger partial charge in [-0.25, -0.2) is 4.57 Å². The molecule has 0 heterocycles. The summed E-state index contributed by atoms with van der Waals surface area (Å²) < 4.78 is 23.1. The minimum absolute atomic E-state index is 0.204. The van der Waals surface area contributed by atoms with Gasteiger partial charge in [-0.3, -0.25) is 4.89 Å². The van der Waals surface area contributed by atoms with Crippen molar-refractivity contribution in [3.8, 4) is 11.5 Å². The Balaban J connectivity index is 1.77. The van der Waals surface area contributed by atoms with Gasteiger partial charge >= 0.3 is 7.82 Å². The van der Waals surface area contributed by atoms with Crippen LogP contribution in [0.1, 0.15) is 41.7 Å². The van der Waals surface area contributed by atoms with Gasteiger partial charge in [0, 0.05) is 5.41 Å². The number of aryl methyl sites for hydroxylation is 3. The van der Waals surface area contributed by atoms with E-state index in [1.165, 1.54) is 11.1 Å². The molecule has 1 N–H and O–H groups in total. The summed E-state index contributed by atoms with van der Waals surface area (Å²) in [5, 5.41) is 0. The van der Waals surface area contributed by atoms with Crippen LogP contribution in [0.2, 0.25) is 0 Å². The Hall–Kier alpha value is -2.55. The van der Waals surface area contributed by atoms with Crippen molar-refractivity contribution in [2.75, 3.05) is 0 Å². The molecule has 0 amide bonds. The van der Waals surface area contributed by atoms with Crippen molar-refractivity contribution in [3.05, 3.63) is 94.5 Å². The molecule has 152 valence electrons. The number of phosphoric ester groups is 1. The predicted molar refractivity (Wildman–Crippen MR) is 117 cm³/mol. The monoisotopic (exact) mass is 410 g/mol. The molecule has 0 radical (unpaired) electrons. The lowest BCUT2D eigenvalue weighted by Crippen LogP contribution is -2.18. The summed E-state index contributed by atoms with van der Waals surface area (Å²) in [6.45, 7) is 10.0. The van der Waals surface area contributed by atoms with E-state index in [4.69, 9.17) is 9.05 Å². The van der Waals surface area contributed by atoms with Crippen molar-refractivity contribution in [3.63, 3.8) is 0 Å². The fourth-order valence-electron chi connectivity index (χ4n) is 3.28. The van der Waals surface area contributed by atoms with Gasteiger partial charge in [-0.05, 0) is 55.2 Å². The molecule has 0 spiro atoms. The van der Waals surface area contributed by atoms with E-state index in [1.807, 2.05) is 44.2 Å². The second-order valence-corrected chi connectivity index (χ2v) is 9.19. The maximum atomic E-state index is 12.5. The van der Waals surface area contributed by atoms with Crippen LogP contribution in [0.5, 0.6) is 11.5 Å². The first kappa shape index (κ1) is 21.2. The molecule has 0 aromatic heterocycles. The van der Waals surface area contributed by atoms with Crippen LogP contribution >= 0.6 is 7.82 Å². The van der Waals surface area contributed by atoms with E-state index in [9.17, 15) is 9.46 Å². The first-order chi connectivity index (χ1) is 13.6. The molecule has 1 atom stereocenters. The van der Waals surface area contributed by atoms with Gasteiger partial charge in [0.15, 0.2) is 0 Å². The maximum absolute atomic E-state index is 12.5. The average Bonchev–Trinajstić information content (AvgIpc) is 2.65. The third kappa shape index (κ3) is 4.90. The molecule has 0 saturated heterocycles. The van der Waals surface area contributed by atoms with E-state index in [1.54, 1.807) is 12.1 Å². The van der Waals surface area contributed by atoms with E-state index in [0.29, 0.717) is 5.75 Å². The Morgan fingerprint density at radius 1 is 0.759 bits per heavy atom. The quantitative estimate of drug-likeness (QED) is 0.472. The van der Waals surface area contributed by atoms with Crippen molar-refractivity contribution >= 4 is 7.82 Å². The number of hydrogen-bond donors (Lipinski definition) is 1. The first-order valence-corrected chi connectivity index (χ1v) is 11.0. The van der Waals surface area contributed by atoms with Gasteiger partial charge in [0.1, 0.15) is 11.5 Å². The zero-order valence-corrected chi connectivity index (χ0v) is 18.4. The van der Waals surface area contributed by atoms with Crippen LogP contribution in [0.3, 0.4) is 0 Å². The summed E-state index contributed by atoms with van der Waals surface area (Å²) >= 11 is 0. The lowest BCUT2D eigenvalue weighted by atomic mass is 9.78. The molecule has 0 bridgehead atoms. The Morgan fingerprint density at radius 2 is 1.24 bits per heavy atom. The van der Waals surface area contributed by atoms with Crippen molar-refractivity contribution in [1.29, 1.82) is 0 Å². The van der Waals surface area contributed by atoms with Gasteiger partial charge < -0.3 is 9.05 Å². The second kappa shape index (κ2) is 8.06. The average molecular weight is 410 g/mol. The minimum atomic E-state index is -4.31. The molecule has 0 aliphatic heterocycles. The zero-order chi connectivity index (χ0) is 21.2. The maximum Gasteiger partial charge on any atom is 0.584 e. The van der Waals surface area contributed by atoms with Crippen LogP contribution in [-0.4, -0.2) is 4.89 Å². The third-order valence-electron chi connectivity index (χ3n) is 5.19. The number of rotatable bonds is 6. The summed E-state index contributed by atoms with van der Waals surface area (Å²) in [7, 11) is -4.31. The van der Waals surface area contributed by atoms with Gasteiger partial charge in [-0.1, -0.05) is 74.0 Å². The van der Waals surface area contributed by atoms with Crippen LogP contribution < -0.4 is 9.05 Å². The topological polar surface area (TPSA) is 55.8 Å². The number of benzene rings is 3. The third-order valence-corrected chi connectivity index (χ3v) is 6.04. The van der Waals surface area contributed by atoms with Crippen molar-refractivity contribution < 1.29 is 18.5 Å². The largest absolute Gasteiger partial charge is 0.584 e. The van der Waals surface area contributed by atoms with Gasteiger partial charge in [0.25, 0.3) is 0 Å². The zero-order valence-electron chi connectivity index (χ0n) is 17.5. The first-order valence-electron chi connectivity index (χ1n) is 9.54. The van der Waals surface area contributed by atoms with Crippen LogP contribution in [0.25, 0.3) is 0 Å². The predicted octanol–water partition coefficient (Wildman–Crippen LogP) is 6.50. The Kier molecular flexibility index (Phi) is 5.88. The Labute approximate surface area is 172 Å². The highest BCUT2D eigenvalue weighted by atomic mass is 31.2. The molecule has 4 nitrogen and oxygen atoms in total. The van der Waals surface area contributed by atoms with E-state index in [-0.39, 0.29) is 11.2 Å². The highest BCUT2D eigenvalue weighted by Gasteiger charge is 2.28. The number of para-hydroxylation sites is 1. The molecule has 5 heteroatoms. The Morgan fingerprint density at radius 3 is 1.76 bits per heavy atom. The van der Waals surface area contributed by atoms with Crippen LogP contribution in [0, 0.1) is 20.8 Å². The van der Waals surface area contributed by atoms with Crippen molar-refractivity contribution in [2.24, 2.45) is 0 Å². The highest BCUT2D eigenvalue weighted by molar-refractivity contribution is 7.48. The molecular formula is C24H27O4P. The SMILES string of the molecule is Cc1ccc(C(C)(C)c2ccc(OP(=O)(O)Oc3c(C)cccc3C)cc2)cc1. The molecule has 1 unspecified atom stereocenters. The molecule has 3 aromatic rings. The fraction of sp³-hybridized carbons (Fsp3) is 0.250. The molecule has 3 aromatic carbocycles. The van der Waals surface area contributed by atoms with Crippen LogP contribution in [0.4, 0.5) is 0 Å². The molecule has 0 aliphatic carbocycles. The fourth-order valence-corrected chi connectivity index (χ4v) is 4.22. The molecule has 0 aliphatic rings. The second-order valence-electron chi connectivity index (χ2n) is 7.89. The highest BCUT2D eigenvalue weighted by Crippen LogP contribution is 2.46. The number of phosphoric acid groups is 1. The van der Waals surface area contributed by atoms with Gasteiger partial charge in [-0.15, -0.1) is 0 Å². The summed E-state index contributed by atoms with van der Waals surface area (Å²) in [5.74, 6) is 0.654. The Bertz CT molecular complexity index is 1020. The standard InChI is InChI=1S/C24H27O4P/c1-17-9-11-20(12-10-17)24(4,5)21-13-15-22(16-14-21)27-29(25,26)28-23-18(2)7-6-8-19(23)3/h6-16H,1-5H3,(H,25,26). The molecular weight excluding hydrogens is 383 g/mol. The van der Waals surface area contributed by atoms with E-state index in [2.05, 4.69) is 45.0 Å². The van der Waals surface area contributed by atoms with Gasteiger partial charge in [-0.2, -0.15) is 0 Å². The minimum Gasteiger partial charge on any atom is -0.395 e. The van der Waals surface area contributed by atoms with Crippen LogP contribution in [-0.2, 0) is 9.98 Å². The molecule has 0 saturated carbocycles. The lowest BCUT2D eigenvalue weighted by molar-refractivity contribution is 0.289. The summed E-state index contributed by atoms with van der Waals surface area (Å²) in [5.41, 5.74) is 4.84. The van der Waals surface area contributed by atoms with E-state index < -0.39 is 7.82 Å². The van der Waals surface area contributed by atoms with Gasteiger partial charge in [0.05, 0.1) is 0 Å². The van der Waals surface area contributed by atoms with Crippen LogP contribution in [0.15, 0.2) is 66.7 Å². The summed E-state index contributed by atoms with van der Waals surface area (Å²) in [4.78, 5) is 10.2. The summed E-state index contributed by atoms with van der Waals surface area (Å²) in [6, 6.07) is 21.2. The van der Waals surface area contributed by atoms with E-state index >= 15 is 0 Å². The summed E-state index contributed by atoms with van der Waals surface area (Å²) in [6.07, 6.45) is 0. The van der Waals surface area contributed by atoms with Gasteiger partial charge in [0.2, 0.25) is 0 Å². The molecule has 29 heavy (non-hydrogen) atoms. The molecule has 3 rings (SSSR count). The lowest BCUT2D eigenvalue weighted by Gasteiger charge is -2.26. The number of hydrogen-bond acceptors (Lipinski definition) is 3. The van der Waals surface area contributed by atoms with E-state index in [0.717, 1.165) is 16.7 Å². The normalized spacial score (nSPS) is 13.6.